The Morgan fingerprint density at radius 1 is 1.03 bits per heavy atom. The van der Waals surface area contributed by atoms with E-state index in [0.717, 1.165) is 38.5 Å². The summed E-state index contributed by atoms with van der Waals surface area (Å²) in [5.74, 6) is -0.145. The van der Waals surface area contributed by atoms with Crippen LogP contribution in [0.2, 0.25) is 5.02 Å². The number of aromatic nitrogens is 2. The van der Waals surface area contributed by atoms with Gasteiger partial charge in [-0.1, -0.05) is 52.7 Å². The van der Waals surface area contributed by atoms with Gasteiger partial charge in [0.2, 0.25) is 5.91 Å². The Labute approximate surface area is 193 Å². The zero-order chi connectivity index (χ0) is 22.1. The highest BCUT2D eigenvalue weighted by molar-refractivity contribution is 7.13. The molecule has 0 unspecified atom stereocenters. The molecule has 1 amide bonds. The number of halogens is 1. The van der Waals surface area contributed by atoms with Crippen LogP contribution in [-0.2, 0) is 11.2 Å². The highest BCUT2D eigenvalue weighted by Gasteiger charge is 2.13. The van der Waals surface area contributed by atoms with E-state index in [1.54, 1.807) is 11.3 Å². The first-order valence-electron chi connectivity index (χ1n) is 10.0. The van der Waals surface area contributed by atoms with Crippen LogP contribution in [0, 0.1) is 6.92 Å². The minimum atomic E-state index is -0.145. The van der Waals surface area contributed by atoms with Crippen LogP contribution in [0.1, 0.15) is 11.3 Å². The average Bonchev–Trinajstić information content (AvgIpc) is 3.43. The molecule has 2 aromatic heterocycles. The summed E-state index contributed by atoms with van der Waals surface area (Å²) in [4.78, 5) is 17.3. The van der Waals surface area contributed by atoms with E-state index in [0.29, 0.717) is 16.3 Å². The lowest BCUT2D eigenvalue weighted by Gasteiger charge is -2.05. The summed E-state index contributed by atoms with van der Waals surface area (Å²) in [5.41, 5.74) is 6.04. The largest absolute Gasteiger partial charge is 0.356 e. The van der Waals surface area contributed by atoms with Gasteiger partial charge in [-0.15, -0.1) is 11.3 Å². The molecule has 0 spiro atoms. The summed E-state index contributed by atoms with van der Waals surface area (Å²) < 4.78 is 5.32. The Morgan fingerprint density at radius 3 is 2.56 bits per heavy atom. The molecule has 7 heteroatoms. The van der Waals surface area contributed by atoms with Crippen molar-refractivity contribution < 1.29 is 9.32 Å². The molecule has 0 saturated carbocycles. The van der Waals surface area contributed by atoms with Crippen molar-refractivity contribution in [3.05, 3.63) is 88.4 Å². The van der Waals surface area contributed by atoms with Gasteiger partial charge in [0, 0.05) is 32.6 Å². The van der Waals surface area contributed by atoms with Crippen molar-refractivity contribution >= 4 is 45.5 Å². The number of benzene rings is 3. The Kier molecular flexibility index (Phi) is 5.47. The summed E-state index contributed by atoms with van der Waals surface area (Å²) in [6, 6.07) is 21.1. The molecule has 158 valence electrons. The second kappa shape index (κ2) is 8.57. The third kappa shape index (κ3) is 4.28. The van der Waals surface area contributed by atoms with Crippen LogP contribution >= 0.6 is 22.9 Å². The molecule has 0 bridgehead atoms. The Morgan fingerprint density at radius 2 is 1.78 bits per heavy atom. The number of amides is 1. The SMILES string of the molecule is Cc1ccc2onc(CC(=O)Nc3ccc(-c4csc(-c5ccc(Cl)cc5)n4)cc3)c2c1. The van der Waals surface area contributed by atoms with Crippen molar-refractivity contribution in [3.8, 4) is 21.8 Å². The third-order valence-electron chi connectivity index (χ3n) is 5.09. The minimum absolute atomic E-state index is 0.145. The average molecular weight is 460 g/mol. The number of aryl methyl sites for hydroxylation is 1. The zero-order valence-corrected chi connectivity index (χ0v) is 18.7. The lowest BCUT2D eigenvalue weighted by molar-refractivity contribution is -0.115. The lowest BCUT2D eigenvalue weighted by Crippen LogP contribution is -2.14. The standard InChI is InChI=1S/C25H18ClN3O2S/c1-15-2-11-23-20(12-15)21(29-31-23)13-24(30)27-19-9-5-16(6-10-19)22-14-32-25(28-22)17-3-7-18(26)8-4-17/h2-12,14H,13H2,1H3,(H,27,30). The number of nitrogens with one attached hydrogen (secondary N) is 1. The van der Waals surface area contributed by atoms with Gasteiger partial charge in [0.05, 0.1) is 12.1 Å². The number of carbonyl (C=O) groups excluding carboxylic acids is 1. The summed E-state index contributed by atoms with van der Waals surface area (Å²) in [6.45, 7) is 2.00. The normalized spacial score (nSPS) is 11.1. The first kappa shape index (κ1) is 20.4. The van der Waals surface area contributed by atoms with Crippen molar-refractivity contribution in [2.45, 2.75) is 13.3 Å². The van der Waals surface area contributed by atoms with Crippen molar-refractivity contribution in [2.75, 3.05) is 5.32 Å². The fourth-order valence-corrected chi connectivity index (χ4v) is 4.40. The molecular formula is C25H18ClN3O2S. The van der Waals surface area contributed by atoms with Crippen molar-refractivity contribution in [1.82, 2.24) is 10.1 Å². The summed E-state index contributed by atoms with van der Waals surface area (Å²) in [7, 11) is 0. The number of carbonyl (C=O) groups is 1. The molecular weight excluding hydrogens is 442 g/mol. The highest BCUT2D eigenvalue weighted by atomic mass is 35.5. The first-order chi connectivity index (χ1) is 15.5. The van der Waals surface area contributed by atoms with E-state index in [9.17, 15) is 4.79 Å². The van der Waals surface area contributed by atoms with Gasteiger partial charge in [-0.25, -0.2) is 4.98 Å². The number of thiazole rings is 1. The Hall–Kier alpha value is -3.48. The quantitative estimate of drug-likeness (QED) is 0.315. The number of hydrogen-bond acceptors (Lipinski definition) is 5. The van der Waals surface area contributed by atoms with E-state index in [1.165, 1.54) is 0 Å². The second-order valence-corrected chi connectivity index (χ2v) is 8.77. The van der Waals surface area contributed by atoms with Gasteiger partial charge in [-0.05, 0) is 43.3 Å². The molecule has 0 aliphatic rings. The predicted molar refractivity (Wildman–Crippen MR) is 129 cm³/mol. The van der Waals surface area contributed by atoms with E-state index in [-0.39, 0.29) is 12.3 Å². The van der Waals surface area contributed by atoms with Crippen LogP contribution in [0.4, 0.5) is 5.69 Å². The fourth-order valence-electron chi connectivity index (χ4n) is 3.44. The fraction of sp³-hybridized carbons (Fsp3) is 0.0800. The number of anilines is 1. The van der Waals surface area contributed by atoms with Gasteiger partial charge in [-0.3, -0.25) is 4.79 Å². The van der Waals surface area contributed by atoms with Gasteiger partial charge in [0.1, 0.15) is 10.7 Å². The molecule has 3 aromatic carbocycles. The lowest BCUT2D eigenvalue weighted by atomic mass is 10.1. The molecule has 5 rings (SSSR count). The summed E-state index contributed by atoms with van der Waals surface area (Å²) in [6.07, 6.45) is 0.148. The van der Waals surface area contributed by atoms with Crippen LogP contribution in [0.25, 0.3) is 32.8 Å². The monoisotopic (exact) mass is 459 g/mol. The third-order valence-corrected chi connectivity index (χ3v) is 6.23. The maximum absolute atomic E-state index is 12.5. The molecule has 5 aromatic rings. The molecule has 0 aliphatic heterocycles. The molecule has 32 heavy (non-hydrogen) atoms. The van der Waals surface area contributed by atoms with E-state index in [2.05, 4.69) is 10.5 Å². The van der Waals surface area contributed by atoms with E-state index < -0.39 is 0 Å². The van der Waals surface area contributed by atoms with E-state index in [4.69, 9.17) is 21.1 Å². The topological polar surface area (TPSA) is 68.0 Å². The maximum atomic E-state index is 12.5. The molecule has 0 fully saturated rings. The number of nitrogens with zero attached hydrogens (tertiary/aromatic N) is 2. The maximum Gasteiger partial charge on any atom is 0.230 e. The van der Waals surface area contributed by atoms with Gasteiger partial charge >= 0.3 is 0 Å². The van der Waals surface area contributed by atoms with Gasteiger partial charge in [-0.2, -0.15) is 0 Å². The van der Waals surface area contributed by atoms with Gasteiger partial charge in [0.25, 0.3) is 0 Å². The number of hydrogen-bond donors (Lipinski definition) is 1. The zero-order valence-electron chi connectivity index (χ0n) is 17.1. The minimum Gasteiger partial charge on any atom is -0.356 e. The van der Waals surface area contributed by atoms with Crippen molar-refractivity contribution in [1.29, 1.82) is 0 Å². The van der Waals surface area contributed by atoms with Gasteiger partial charge < -0.3 is 9.84 Å². The Balaban J connectivity index is 1.27. The van der Waals surface area contributed by atoms with E-state index in [1.807, 2.05) is 79.0 Å². The molecule has 1 N–H and O–H groups in total. The van der Waals surface area contributed by atoms with Gasteiger partial charge in [0.15, 0.2) is 5.58 Å². The van der Waals surface area contributed by atoms with E-state index >= 15 is 0 Å². The summed E-state index contributed by atoms with van der Waals surface area (Å²) in [5, 5.41) is 11.5. The van der Waals surface area contributed by atoms with Crippen LogP contribution in [0.5, 0.6) is 0 Å². The molecule has 0 atom stereocenters. The predicted octanol–water partition coefficient (Wildman–Crippen LogP) is 6.76. The molecule has 0 aliphatic carbocycles. The highest BCUT2D eigenvalue weighted by Crippen LogP contribution is 2.30. The van der Waals surface area contributed by atoms with Crippen LogP contribution in [-0.4, -0.2) is 16.0 Å². The molecule has 0 saturated heterocycles. The van der Waals surface area contributed by atoms with Crippen LogP contribution < -0.4 is 5.32 Å². The van der Waals surface area contributed by atoms with Crippen LogP contribution in [0.3, 0.4) is 0 Å². The molecule has 2 heterocycles. The van der Waals surface area contributed by atoms with Crippen molar-refractivity contribution in [2.24, 2.45) is 0 Å². The smallest absolute Gasteiger partial charge is 0.230 e. The van der Waals surface area contributed by atoms with Crippen LogP contribution in [0.15, 0.2) is 76.6 Å². The molecule has 5 nitrogen and oxygen atoms in total. The Bertz CT molecular complexity index is 1410. The summed E-state index contributed by atoms with van der Waals surface area (Å²) >= 11 is 7.55. The molecule has 0 radical (unpaired) electrons. The number of fused-ring (bicyclic) bond motifs is 1. The number of rotatable bonds is 5. The first-order valence-corrected chi connectivity index (χ1v) is 11.3. The second-order valence-electron chi connectivity index (χ2n) is 7.48. The van der Waals surface area contributed by atoms with Crippen molar-refractivity contribution in [3.63, 3.8) is 0 Å².